The number of hydrogen-bond donors (Lipinski definition) is 2. The second kappa shape index (κ2) is 8.65. The first-order valence-electron chi connectivity index (χ1n) is 8.99. The quantitative estimate of drug-likeness (QED) is 0.796. The fourth-order valence-corrected chi connectivity index (χ4v) is 3.38. The SMILES string of the molecule is CCCCC(C)NC(C)c1cc(F)ccc1N1CCC(O)CC1. The normalized spacial score (nSPS) is 18.9. The molecule has 1 aromatic carbocycles. The zero-order valence-corrected chi connectivity index (χ0v) is 14.7. The average molecular weight is 322 g/mol. The van der Waals surface area contributed by atoms with Crippen LogP contribution in [0.15, 0.2) is 18.2 Å². The number of nitrogens with one attached hydrogen (secondary N) is 1. The second-order valence-corrected chi connectivity index (χ2v) is 6.85. The van der Waals surface area contributed by atoms with E-state index in [9.17, 15) is 9.50 Å². The molecule has 3 nitrogen and oxygen atoms in total. The highest BCUT2D eigenvalue weighted by atomic mass is 19.1. The maximum Gasteiger partial charge on any atom is 0.123 e. The maximum atomic E-state index is 13.8. The second-order valence-electron chi connectivity index (χ2n) is 6.85. The Hall–Kier alpha value is -1.13. The van der Waals surface area contributed by atoms with Gasteiger partial charge in [0.2, 0.25) is 0 Å². The fraction of sp³-hybridized carbons (Fsp3) is 0.684. The van der Waals surface area contributed by atoms with Crippen molar-refractivity contribution in [1.82, 2.24) is 5.32 Å². The molecule has 0 aromatic heterocycles. The molecule has 0 aliphatic carbocycles. The van der Waals surface area contributed by atoms with Gasteiger partial charge in [-0.2, -0.15) is 0 Å². The molecule has 23 heavy (non-hydrogen) atoms. The van der Waals surface area contributed by atoms with Crippen LogP contribution in [0.4, 0.5) is 10.1 Å². The molecule has 2 unspecified atom stereocenters. The van der Waals surface area contributed by atoms with E-state index >= 15 is 0 Å². The number of aliphatic hydroxyl groups excluding tert-OH is 1. The lowest BCUT2D eigenvalue weighted by Gasteiger charge is -2.34. The van der Waals surface area contributed by atoms with E-state index in [0.29, 0.717) is 6.04 Å². The number of piperidine rings is 1. The number of aliphatic hydroxyl groups is 1. The number of halogens is 1. The lowest BCUT2D eigenvalue weighted by Crippen LogP contribution is -2.37. The molecule has 1 heterocycles. The maximum absolute atomic E-state index is 13.8. The predicted molar refractivity (Wildman–Crippen MR) is 94.4 cm³/mol. The largest absolute Gasteiger partial charge is 0.393 e. The summed E-state index contributed by atoms with van der Waals surface area (Å²) in [5.41, 5.74) is 2.12. The topological polar surface area (TPSA) is 35.5 Å². The summed E-state index contributed by atoms with van der Waals surface area (Å²) in [7, 11) is 0. The Morgan fingerprint density at radius 1 is 1.30 bits per heavy atom. The highest BCUT2D eigenvalue weighted by molar-refractivity contribution is 5.55. The molecule has 2 atom stereocenters. The van der Waals surface area contributed by atoms with Crippen molar-refractivity contribution in [2.75, 3.05) is 18.0 Å². The molecule has 0 radical (unpaired) electrons. The summed E-state index contributed by atoms with van der Waals surface area (Å²) in [6.45, 7) is 8.17. The average Bonchev–Trinajstić information content (AvgIpc) is 2.53. The zero-order valence-electron chi connectivity index (χ0n) is 14.7. The number of unbranched alkanes of at least 4 members (excludes halogenated alkanes) is 1. The van der Waals surface area contributed by atoms with Crippen LogP contribution in [-0.4, -0.2) is 30.3 Å². The van der Waals surface area contributed by atoms with Crippen molar-refractivity contribution < 1.29 is 9.50 Å². The predicted octanol–water partition coefficient (Wildman–Crippen LogP) is 4.02. The van der Waals surface area contributed by atoms with Gasteiger partial charge in [-0.25, -0.2) is 4.39 Å². The van der Waals surface area contributed by atoms with Gasteiger partial charge in [0, 0.05) is 30.9 Å². The number of benzene rings is 1. The van der Waals surface area contributed by atoms with Crippen LogP contribution in [0.2, 0.25) is 0 Å². The molecule has 0 amide bonds. The van der Waals surface area contributed by atoms with Crippen molar-refractivity contribution in [2.24, 2.45) is 0 Å². The van der Waals surface area contributed by atoms with Gasteiger partial charge < -0.3 is 15.3 Å². The van der Waals surface area contributed by atoms with Crippen molar-refractivity contribution in [1.29, 1.82) is 0 Å². The Morgan fingerprint density at radius 2 is 2.00 bits per heavy atom. The summed E-state index contributed by atoms with van der Waals surface area (Å²) >= 11 is 0. The molecule has 0 spiro atoms. The van der Waals surface area contributed by atoms with Gasteiger partial charge in [0.25, 0.3) is 0 Å². The van der Waals surface area contributed by atoms with Gasteiger partial charge in [-0.1, -0.05) is 19.8 Å². The standard InChI is InChI=1S/C19H31FN2O/c1-4-5-6-14(2)21-15(3)18-13-16(20)7-8-19(18)22-11-9-17(23)10-12-22/h7-8,13-15,17,21,23H,4-6,9-12H2,1-3H3. The van der Waals surface area contributed by atoms with Crippen molar-refractivity contribution in [3.05, 3.63) is 29.6 Å². The van der Waals surface area contributed by atoms with E-state index in [1.54, 1.807) is 6.07 Å². The van der Waals surface area contributed by atoms with Crippen LogP contribution in [0.25, 0.3) is 0 Å². The highest BCUT2D eigenvalue weighted by Gasteiger charge is 2.22. The van der Waals surface area contributed by atoms with E-state index in [4.69, 9.17) is 0 Å². The van der Waals surface area contributed by atoms with Gasteiger partial charge in [0.15, 0.2) is 0 Å². The van der Waals surface area contributed by atoms with E-state index in [1.165, 1.54) is 18.9 Å². The highest BCUT2D eigenvalue weighted by Crippen LogP contribution is 2.30. The molecule has 130 valence electrons. The summed E-state index contributed by atoms with van der Waals surface area (Å²) in [5, 5.41) is 13.3. The zero-order chi connectivity index (χ0) is 16.8. The van der Waals surface area contributed by atoms with E-state index in [-0.39, 0.29) is 18.0 Å². The molecule has 2 N–H and O–H groups in total. The Bertz CT molecular complexity index is 486. The van der Waals surface area contributed by atoms with Crippen LogP contribution in [-0.2, 0) is 0 Å². The lowest BCUT2D eigenvalue weighted by molar-refractivity contribution is 0.145. The summed E-state index contributed by atoms with van der Waals surface area (Å²) < 4.78 is 13.8. The molecular weight excluding hydrogens is 291 g/mol. The van der Waals surface area contributed by atoms with Crippen LogP contribution in [0.5, 0.6) is 0 Å². The van der Waals surface area contributed by atoms with E-state index < -0.39 is 0 Å². The van der Waals surface area contributed by atoms with E-state index in [2.05, 4.69) is 31.0 Å². The lowest BCUT2D eigenvalue weighted by atomic mass is 10.0. The van der Waals surface area contributed by atoms with Crippen molar-refractivity contribution >= 4 is 5.69 Å². The van der Waals surface area contributed by atoms with Crippen LogP contribution in [0.3, 0.4) is 0 Å². The third-order valence-corrected chi connectivity index (χ3v) is 4.79. The number of hydrogen-bond acceptors (Lipinski definition) is 3. The molecular formula is C19H31FN2O. The minimum Gasteiger partial charge on any atom is -0.393 e. The third-order valence-electron chi connectivity index (χ3n) is 4.79. The first kappa shape index (κ1) is 18.2. The minimum absolute atomic E-state index is 0.111. The molecule has 1 aromatic rings. The summed E-state index contributed by atoms with van der Waals surface area (Å²) in [6.07, 6.45) is 4.92. The number of nitrogens with zero attached hydrogens (tertiary/aromatic N) is 1. The third kappa shape index (κ3) is 5.18. The fourth-order valence-electron chi connectivity index (χ4n) is 3.38. The molecule has 1 aliphatic rings. The molecule has 0 saturated carbocycles. The summed E-state index contributed by atoms with van der Waals surface area (Å²) in [4.78, 5) is 2.27. The van der Waals surface area contributed by atoms with Crippen molar-refractivity contribution in [2.45, 2.75) is 71.1 Å². The van der Waals surface area contributed by atoms with Gasteiger partial charge in [-0.3, -0.25) is 0 Å². The molecule has 0 bridgehead atoms. The van der Waals surface area contributed by atoms with Crippen LogP contribution in [0.1, 0.15) is 64.5 Å². The number of rotatable bonds is 7. The number of anilines is 1. The monoisotopic (exact) mass is 322 g/mol. The molecule has 1 saturated heterocycles. The molecule has 4 heteroatoms. The van der Waals surface area contributed by atoms with Gasteiger partial charge in [-0.15, -0.1) is 0 Å². The Balaban J connectivity index is 2.11. The smallest absolute Gasteiger partial charge is 0.123 e. The van der Waals surface area contributed by atoms with Gasteiger partial charge >= 0.3 is 0 Å². The summed E-state index contributed by atoms with van der Waals surface area (Å²) in [5.74, 6) is -0.185. The molecule has 2 rings (SSSR count). The first-order chi connectivity index (χ1) is 11.0. The Kier molecular flexibility index (Phi) is 6.85. The summed E-state index contributed by atoms with van der Waals surface area (Å²) in [6, 6.07) is 5.61. The molecule has 1 fully saturated rings. The van der Waals surface area contributed by atoms with E-state index in [1.807, 2.05) is 6.07 Å². The first-order valence-corrected chi connectivity index (χ1v) is 8.99. The molecule has 1 aliphatic heterocycles. The van der Waals surface area contributed by atoms with Crippen LogP contribution in [0, 0.1) is 5.82 Å². The van der Waals surface area contributed by atoms with Crippen molar-refractivity contribution in [3.63, 3.8) is 0 Å². The van der Waals surface area contributed by atoms with Crippen LogP contribution < -0.4 is 10.2 Å². The van der Waals surface area contributed by atoms with Crippen LogP contribution >= 0.6 is 0 Å². The van der Waals surface area contributed by atoms with E-state index in [0.717, 1.165) is 43.6 Å². The Morgan fingerprint density at radius 3 is 2.65 bits per heavy atom. The van der Waals surface area contributed by atoms with Gasteiger partial charge in [0.05, 0.1) is 6.10 Å². The van der Waals surface area contributed by atoms with Gasteiger partial charge in [0.1, 0.15) is 5.82 Å². The van der Waals surface area contributed by atoms with Gasteiger partial charge in [-0.05, 0) is 56.9 Å². The minimum atomic E-state index is -0.195. The van der Waals surface area contributed by atoms with Crippen molar-refractivity contribution in [3.8, 4) is 0 Å². The Labute approximate surface area is 139 Å².